The van der Waals surface area contributed by atoms with Gasteiger partial charge in [0.2, 0.25) is 0 Å². The van der Waals surface area contributed by atoms with Crippen molar-refractivity contribution in [2.75, 3.05) is 5.32 Å². The van der Waals surface area contributed by atoms with Gasteiger partial charge in [0.05, 0.1) is 10.7 Å². The van der Waals surface area contributed by atoms with E-state index in [1.807, 2.05) is 0 Å². The molecular weight excluding hydrogens is 290 g/mol. The minimum Gasteiger partial charge on any atom is -0.389 e. The first-order valence-electron chi connectivity index (χ1n) is 5.29. The Balaban J connectivity index is 2.28. The van der Waals surface area contributed by atoms with Crippen LogP contribution < -0.4 is 11.1 Å². The zero-order valence-corrected chi connectivity index (χ0v) is 11.2. The fourth-order valence-electron chi connectivity index (χ4n) is 1.50. The zero-order valence-electron chi connectivity index (χ0n) is 9.58. The molecule has 0 unspecified atom stereocenters. The maximum Gasteiger partial charge on any atom is 0.160 e. The Kier molecular flexibility index (Phi) is 3.97. The quantitative estimate of drug-likeness (QED) is 0.841. The smallest absolute Gasteiger partial charge is 0.160 e. The lowest BCUT2D eigenvalue weighted by Gasteiger charge is -2.10. The van der Waals surface area contributed by atoms with E-state index in [0.717, 1.165) is 12.1 Å². The summed E-state index contributed by atoms with van der Waals surface area (Å²) >= 11 is 10.9. The molecule has 2 nitrogen and oxygen atoms in total. The van der Waals surface area contributed by atoms with Crippen molar-refractivity contribution in [3.63, 3.8) is 0 Å². The van der Waals surface area contributed by atoms with E-state index in [9.17, 15) is 8.78 Å². The summed E-state index contributed by atoms with van der Waals surface area (Å²) in [5.41, 5.74) is 7.06. The molecule has 2 rings (SSSR count). The fraction of sp³-hybridized carbons (Fsp3) is 0. The van der Waals surface area contributed by atoms with Crippen LogP contribution in [-0.4, -0.2) is 4.99 Å². The van der Waals surface area contributed by atoms with E-state index >= 15 is 0 Å². The number of hydrogen-bond donors (Lipinski definition) is 2. The van der Waals surface area contributed by atoms with Gasteiger partial charge in [-0.25, -0.2) is 8.78 Å². The van der Waals surface area contributed by atoms with Crippen molar-refractivity contribution in [1.29, 1.82) is 0 Å². The minimum atomic E-state index is -0.930. The first kappa shape index (κ1) is 13.7. The lowest BCUT2D eigenvalue weighted by atomic mass is 10.2. The van der Waals surface area contributed by atoms with Crippen LogP contribution in [0.15, 0.2) is 36.4 Å². The van der Waals surface area contributed by atoms with Crippen LogP contribution in [0.5, 0.6) is 0 Å². The maximum atomic E-state index is 13.1. The highest BCUT2D eigenvalue weighted by atomic mass is 35.5. The van der Waals surface area contributed by atoms with E-state index in [1.165, 1.54) is 6.07 Å². The van der Waals surface area contributed by atoms with E-state index in [2.05, 4.69) is 5.32 Å². The van der Waals surface area contributed by atoms with Crippen LogP contribution in [0.1, 0.15) is 5.56 Å². The van der Waals surface area contributed by atoms with Gasteiger partial charge in [-0.3, -0.25) is 0 Å². The molecule has 0 aliphatic heterocycles. The first-order valence-corrected chi connectivity index (χ1v) is 6.07. The highest BCUT2D eigenvalue weighted by Crippen LogP contribution is 2.27. The second kappa shape index (κ2) is 5.50. The number of benzene rings is 2. The molecule has 0 saturated carbocycles. The van der Waals surface area contributed by atoms with Gasteiger partial charge in [0, 0.05) is 17.3 Å². The molecule has 98 valence electrons. The van der Waals surface area contributed by atoms with Gasteiger partial charge in [-0.2, -0.15) is 0 Å². The van der Waals surface area contributed by atoms with Crippen LogP contribution in [0.2, 0.25) is 5.02 Å². The molecular formula is C13H9ClF2N2S. The van der Waals surface area contributed by atoms with Crippen LogP contribution in [0, 0.1) is 11.6 Å². The van der Waals surface area contributed by atoms with Crippen molar-refractivity contribution >= 4 is 40.2 Å². The number of nitrogens with one attached hydrogen (secondary N) is 1. The van der Waals surface area contributed by atoms with Gasteiger partial charge in [-0.1, -0.05) is 23.8 Å². The van der Waals surface area contributed by atoms with Gasteiger partial charge in [-0.05, 0) is 30.3 Å². The number of anilines is 2. The fourth-order valence-corrected chi connectivity index (χ4v) is 1.85. The molecule has 2 aromatic carbocycles. The minimum absolute atomic E-state index is 0.237. The molecule has 0 spiro atoms. The summed E-state index contributed by atoms with van der Waals surface area (Å²) in [6.07, 6.45) is 0. The molecule has 3 N–H and O–H groups in total. The predicted octanol–water partition coefficient (Wildman–Crippen LogP) is 4.00. The highest BCUT2D eigenvalue weighted by molar-refractivity contribution is 7.80. The van der Waals surface area contributed by atoms with Crippen molar-refractivity contribution in [3.8, 4) is 0 Å². The molecule has 0 radical (unpaired) electrons. The van der Waals surface area contributed by atoms with Crippen LogP contribution in [0.4, 0.5) is 20.2 Å². The Morgan fingerprint density at radius 1 is 1.11 bits per heavy atom. The lowest BCUT2D eigenvalue weighted by molar-refractivity contribution is 0.509. The van der Waals surface area contributed by atoms with E-state index in [-0.39, 0.29) is 4.99 Å². The summed E-state index contributed by atoms with van der Waals surface area (Å²) in [7, 11) is 0. The topological polar surface area (TPSA) is 38.0 Å². The van der Waals surface area contributed by atoms with E-state index in [4.69, 9.17) is 29.6 Å². The van der Waals surface area contributed by atoms with Crippen LogP contribution in [-0.2, 0) is 0 Å². The predicted molar refractivity (Wildman–Crippen MR) is 77.0 cm³/mol. The van der Waals surface area contributed by atoms with E-state index < -0.39 is 11.6 Å². The molecule has 0 amide bonds. The van der Waals surface area contributed by atoms with E-state index in [1.54, 1.807) is 18.2 Å². The second-order valence-corrected chi connectivity index (χ2v) is 4.66. The molecule has 0 atom stereocenters. The second-order valence-electron chi connectivity index (χ2n) is 3.81. The third kappa shape index (κ3) is 3.19. The molecule has 0 heterocycles. The molecule has 19 heavy (non-hydrogen) atoms. The van der Waals surface area contributed by atoms with Crippen molar-refractivity contribution in [3.05, 3.63) is 58.6 Å². The number of hydrogen-bond acceptors (Lipinski definition) is 2. The molecule has 0 fully saturated rings. The van der Waals surface area contributed by atoms with Gasteiger partial charge in [0.25, 0.3) is 0 Å². The summed E-state index contributed by atoms with van der Waals surface area (Å²) < 4.78 is 25.9. The highest BCUT2D eigenvalue weighted by Gasteiger charge is 2.06. The van der Waals surface area contributed by atoms with Crippen molar-refractivity contribution < 1.29 is 8.78 Å². The average molecular weight is 299 g/mol. The molecule has 0 aliphatic carbocycles. The molecule has 0 aromatic heterocycles. The normalized spacial score (nSPS) is 10.3. The van der Waals surface area contributed by atoms with Crippen molar-refractivity contribution in [2.45, 2.75) is 0 Å². The lowest BCUT2D eigenvalue weighted by Crippen LogP contribution is -2.09. The molecule has 6 heteroatoms. The molecule has 0 bridgehead atoms. The maximum absolute atomic E-state index is 13.1. The number of rotatable bonds is 3. The van der Waals surface area contributed by atoms with Crippen LogP contribution >= 0.6 is 23.8 Å². The number of nitrogens with two attached hydrogens (primary N) is 1. The monoisotopic (exact) mass is 298 g/mol. The molecule has 0 aliphatic rings. The third-order valence-electron chi connectivity index (χ3n) is 2.45. The largest absolute Gasteiger partial charge is 0.389 e. The summed E-state index contributed by atoms with van der Waals surface area (Å²) in [6, 6.07) is 8.46. The van der Waals surface area contributed by atoms with Crippen LogP contribution in [0.3, 0.4) is 0 Å². The Morgan fingerprint density at radius 3 is 2.42 bits per heavy atom. The number of halogens is 3. The van der Waals surface area contributed by atoms with Gasteiger partial charge in [0.1, 0.15) is 4.99 Å². The Labute approximate surface area is 119 Å². The van der Waals surface area contributed by atoms with Gasteiger partial charge in [-0.15, -0.1) is 0 Å². The summed E-state index contributed by atoms with van der Waals surface area (Å²) in [4.78, 5) is 0.237. The third-order valence-corrected chi connectivity index (χ3v) is 3.00. The van der Waals surface area contributed by atoms with Gasteiger partial charge < -0.3 is 11.1 Å². The Morgan fingerprint density at radius 2 is 1.84 bits per heavy atom. The van der Waals surface area contributed by atoms with Crippen molar-refractivity contribution in [1.82, 2.24) is 0 Å². The Hall–Kier alpha value is -1.72. The van der Waals surface area contributed by atoms with Crippen molar-refractivity contribution in [2.24, 2.45) is 5.73 Å². The summed E-state index contributed by atoms with van der Waals surface area (Å²) in [6.45, 7) is 0. The Bertz CT molecular complexity index is 647. The van der Waals surface area contributed by atoms with Gasteiger partial charge in [0.15, 0.2) is 11.6 Å². The first-order chi connectivity index (χ1) is 8.97. The molecule has 2 aromatic rings. The standard InChI is InChI=1S/C13H9ClF2N2S/c14-9-5-7(13(17)19)1-4-12(9)18-8-2-3-10(15)11(16)6-8/h1-6,18H,(H2,17,19). The number of thiocarbonyl (C=S) groups is 1. The van der Waals surface area contributed by atoms with Gasteiger partial charge >= 0.3 is 0 Å². The zero-order chi connectivity index (χ0) is 14.0. The average Bonchev–Trinajstić information content (AvgIpc) is 2.36. The van der Waals surface area contributed by atoms with E-state index in [0.29, 0.717) is 22.0 Å². The molecule has 0 saturated heterocycles. The summed E-state index contributed by atoms with van der Waals surface area (Å²) in [5.74, 6) is -1.83. The SMILES string of the molecule is NC(=S)c1ccc(Nc2ccc(F)c(F)c2)c(Cl)c1. The van der Waals surface area contributed by atoms with Crippen LogP contribution in [0.25, 0.3) is 0 Å². The summed E-state index contributed by atoms with van der Waals surface area (Å²) in [5, 5.41) is 3.27.